The molecule has 1 aliphatic carbocycles. The van der Waals surface area contributed by atoms with Crippen molar-refractivity contribution in [1.82, 2.24) is 10.5 Å². The zero-order valence-electron chi connectivity index (χ0n) is 10.6. The first kappa shape index (κ1) is 13.2. The Morgan fingerprint density at radius 2 is 1.90 bits per heavy atom. The third kappa shape index (κ3) is 2.85. The van der Waals surface area contributed by atoms with Crippen LogP contribution in [0, 0.1) is 0 Å². The molecule has 1 N–H and O–H groups in total. The number of aromatic nitrogens is 1. The molecule has 0 spiro atoms. The number of alkyl halides is 3. The van der Waals surface area contributed by atoms with Gasteiger partial charge in [-0.15, -0.1) is 0 Å². The molecule has 0 unspecified atom stereocenters. The zero-order chi connectivity index (χ0) is 14.2. The van der Waals surface area contributed by atoms with Crippen molar-refractivity contribution in [2.45, 2.75) is 31.6 Å². The van der Waals surface area contributed by atoms with Crippen molar-refractivity contribution in [2.24, 2.45) is 0 Å². The van der Waals surface area contributed by atoms with Crippen LogP contribution in [0.1, 0.15) is 24.0 Å². The zero-order valence-corrected chi connectivity index (χ0v) is 10.6. The smallest absolute Gasteiger partial charge is 0.356 e. The number of nitrogens with zero attached hydrogens (tertiary/aromatic N) is 1. The van der Waals surface area contributed by atoms with E-state index >= 15 is 0 Å². The Kier molecular flexibility index (Phi) is 3.25. The van der Waals surface area contributed by atoms with Crippen LogP contribution in [0.3, 0.4) is 0 Å². The molecule has 1 fully saturated rings. The van der Waals surface area contributed by atoms with Gasteiger partial charge in [0.1, 0.15) is 0 Å². The maximum atomic E-state index is 12.5. The average Bonchev–Trinajstić information content (AvgIpc) is 3.12. The average molecular weight is 282 g/mol. The maximum absolute atomic E-state index is 12.5. The Hall–Kier alpha value is -1.82. The topological polar surface area (TPSA) is 38.1 Å². The van der Waals surface area contributed by atoms with Crippen molar-refractivity contribution in [2.75, 3.05) is 0 Å². The molecule has 1 aromatic heterocycles. The molecular weight excluding hydrogens is 269 g/mol. The first-order valence-corrected chi connectivity index (χ1v) is 6.38. The predicted octanol–water partition coefficient (Wildman–Crippen LogP) is 3.61. The van der Waals surface area contributed by atoms with E-state index in [1.54, 1.807) is 6.20 Å². The van der Waals surface area contributed by atoms with E-state index in [4.69, 9.17) is 4.52 Å². The van der Waals surface area contributed by atoms with Crippen molar-refractivity contribution < 1.29 is 17.7 Å². The summed E-state index contributed by atoms with van der Waals surface area (Å²) in [4.78, 5) is 0. The number of hydrogen-bond acceptors (Lipinski definition) is 3. The minimum absolute atomic E-state index is 0.520. The van der Waals surface area contributed by atoms with Gasteiger partial charge in [0.2, 0.25) is 0 Å². The fourth-order valence-corrected chi connectivity index (χ4v) is 1.98. The van der Waals surface area contributed by atoms with E-state index in [0.717, 1.165) is 17.7 Å². The van der Waals surface area contributed by atoms with Crippen LogP contribution in [0.5, 0.6) is 0 Å². The molecule has 1 aliphatic rings. The first-order chi connectivity index (χ1) is 9.54. The van der Waals surface area contributed by atoms with Crippen LogP contribution >= 0.6 is 0 Å². The number of nitrogens with one attached hydrogen (secondary N) is 1. The van der Waals surface area contributed by atoms with Gasteiger partial charge < -0.3 is 9.84 Å². The molecule has 2 aromatic rings. The standard InChI is InChI=1S/C14H13F3N2O/c15-14(16,17)11-3-1-9(2-4-11)13-10(8-19-20-13)7-18-12-5-6-12/h1-4,8,12,18H,5-7H2. The molecule has 1 heterocycles. The van der Waals surface area contributed by atoms with E-state index in [9.17, 15) is 13.2 Å². The third-order valence-corrected chi connectivity index (χ3v) is 3.28. The summed E-state index contributed by atoms with van der Waals surface area (Å²) >= 11 is 0. The molecule has 0 aliphatic heterocycles. The second kappa shape index (κ2) is 4.94. The van der Waals surface area contributed by atoms with Gasteiger partial charge in [-0.1, -0.05) is 17.3 Å². The Morgan fingerprint density at radius 1 is 1.20 bits per heavy atom. The van der Waals surface area contributed by atoms with Gasteiger partial charge in [-0.2, -0.15) is 13.2 Å². The maximum Gasteiger partial charge on any atom is 0.416 e. The van der Waals surface area contributed by atoms with E-state index in [0.29, 0.717) is 23.9 Å². The van der Waals surface area contributed by atoms with Gasteiger partial charge in [-0.05, 0) is 25.0 Å². The normalized spacial score (nSPS) is 15.6. The molecule has 0 saturated heterocycles. The van der Waals surface area contributed by atoms with Crippen LogP contribution in [-0.2, 0) is 12.7 Å². The summed E-state index contributed by atoms with van der Waals surface area (Å²) in [6, 6.07) is 5.46. The van der Waals surface area contributed by atoms with Gasteiger partial charge in [0.15, 0.2) is 5.76 Å². The van der Waals surface area contributed by atoms with Crippen LogP contribution in [0.15, 0.2) is 35.0 Å². The Balaban J connectivity index is 1.79. The lowest BCUT2D eigenvalue weighted by Crippen LogP contribution is -2.15. The number of benzene rings is 1. The van der Waals surface area contributed by atoms with Gasteiger partial charge >= 0.3 is 6.18 Å². The molecule has 0 amide bonds. The molecule has 3 nitrogen and oxygen atoms in total. The summed E-state index contributed by atoms with van der Waals surface area (Å²) in [5.74, 6) is 0.520. The van der Waals surface area contributed by atoms with Gasteiger partial charge in [0.25, 0.3) is 0 Å². The SMILES string of the molecule is FC(F)(F)c1ccc(-c2oncc2CNC2CC2)cc1. The van der Waals surface area contributed by atoms with Crippen LogP contribution in [0.2, 0.25) is 0 Å². The minimum atomic E-state index is -4.32. The molecule has 106 valence electrons. The summed E-state index contributed by atoms with van der Waals surface area (Å²) in [6.45, 7) is 0.616. The highest BCUT2D eigenvalue weighted by Gasteiger charge is 2.30. The number of hydrogen-bond donors (Lipinski definition) is 1. The second-order valence-electron chi connectivity index (χ2n) is 4.91. The van der Waals surface area contributed by atoms with Gasteiger partial charge in [-0.25, -0.2) is 0 Å². The van der Waals surface area contributed by atoms with Crippen LogP contribution < -0.4 is 5.32 Å². The van der Waals surface area contributed by atoms with Crippen molar-refractivity contribution in [1.29, 1.82) is 0 Å². The van der Waals surface area contributed by atoms with Gasteiger partial charge in [0.05, 0.1) is 11.8 Å². The van der Waals surface area contributed by atoms with Crippen molar-refractivity contribution in [3.63, 3.8) is 0 Å². The van der Waals surface area contributed by atoms with Crippen molar-refractivity contribution >= 4 is 0 Å². The summed E-state index contributed by atoms with van der Waals surface area (Å²) in [7, 11) is 0. The lowest BCUT2D eigenvalue weighted by molar-refractivity contribution is -0.137. The van der Waals surface area contributed by atoms with E-state index < -0.39 is 11.7 Å². The van der Waals surface area contributed by atoms with Gasteiger partial charge in [0, 0.05) is 23.7 Å². The van der Waals surface area contributed by atoms with Crippen molar-refractivity contribution in [3.05, 3.63) is 41.6 Å². The largest absolute Gasteiger partial charge is 0.416 e. The highest BCUT2D eigenvalue weighted by atomic mass is 19.4. The quantitative estimate of drug-likeness (QED) is 0.931. The highest BCUT2D eigenvalue weighted by molar-refractivity contribution is 5.61. The third-order valence-electron chi connectivity index (χ3n) is 3.28. The summed E-state index contributed by atoms with van der Waals surface area (Å²) in [5.41, 5.74) is 0.790. The van der Waals surface area contributed by atoms with Crippen LogP contribution in [0.25, 0.3) is 11.3 Å². The highest BCUT2D eigenvalue weighted by Crippen LogP contribution is 2.32. The molecule has 0 radical (unpaired) electrons. The Bertz CT molecular complexity index is 585. The molecule has 20 heavy (non-hydrogen) atoms. The Labute approximate surface area is 113 Å². The van der Waals surface area contributed by atoms with Crippen LogP contribution in [-0.4, -0.2) is 11.2 Å². The second-order valence-corrected chi connectivity index (χ2v) is 4.91. The fraction of sp³-hybridized carbons (Fsp3) is 0.357. The summed E-state index contributed by atoms with van der Waals surface area (Å²) < 4.78 is 42.7. The molecule has 0 bridgehead atoms. The molecule has 6 heteroatoms. The van der Waals surface area contributed by atoms with Crippen molar-refractivity contribution in [3.8, 4) is 11.3 Å². The lowest BCUT2D eigenvalue weighted by atomic mass is 10.1. The Morgan fingerprint density at radius 3 is 2.50 bits per heavy atom. The first-order valence-electron chi connectivity index (χ1n) is 6.38. The fourth-order valence-electron chi connectivity index (χ4n) is 1.98. The predicted molar refractivity (Wildman–Crippen MR) is 66.8 cm³/mol. The molecule has 3 rings (SSSR count). The van der Waals surface area contributed by atoms with E-state index in [2.05, 4.69) is 10.5 Å². The molecule has 1 aromatic carbocycles. The van der Waals surface area contributed by atoms with Crippen LogP contribution in [0.4, 0.5) is 13.2 Å². The summed E-state index contributed by atoms with van der Waals surface area (Å²) in [5, 5.41) is 7.06. The molecular formula is C14H13F3N2O. The van der Waals surface area contributed by atoms with E-state index in [1.807, 2.05) is 0 Å². The molecule has 0 atom stereocenters. The number of rotatable bonds is 4. The monoisotopic (exact) mass is 282 g/mol. The number of halogens is 3. The molecule has 1 saturated carbocycles. The lowest BCUT2D eigenvalue weighted by Gasteiger charge is -2.07. The summed E-state index contributed by atoms with van der Waals surface area (Å²) in [6.07, 6.45) is -0.388. The van der Waals surface area contributed by atoms with E-state index in [1.165, 1.54) is 25.0 Å². The van der Waals surface area contributed by atoms with Gasteiger partial charge in [-0.3, -0.25) is 0 Å². The van der Waals surface area contributed by atoms with E-state index in [-0.39, 0.29) is 0 Å². The minimum Gasteiger partial charge on any atom is -0.356 e.